The van der Waals surface area contributed by atoms with Crippen molar-refractivity contribution in [2.24, 2.45) is 0 Å². The molecule has 0 saturated heterocycles. The van der Waals surface area contributed by atoms with E-state index in [1.807, 2.05) is 12.1 Å². The largest absolute Gasteiger partial charge is 0.399 e. The Labute approximate surface area is 115 Å². The van der Waals surface area contributed by atoms with Crippen LogP contribution in [0.4, 0.5) is 5.69 Å². The number of hydrogen-bond acceptors (Lipinski definition) is 3. The topological polar surface area (TPSA) is 60.2 Å². The minimum Gasteiger partial charge on any atom is -0.399 e. The number of sulfone groups is 1. The van der Waals surface area contributed by atoms with Gasteiger partial charge in [0.05, 0.1) is 10.6 Å². The van der Waals surface area contributed by atoms with Gasteiger partial charge in [0.1, 0.15) is 0 Å². The zero-order valence-corrected chi connectivity index (χ0v) is 11.9. The highest BCUT2D eigenvalue weighted by Gasteiger charge is 2.15. The van der Waals surface area contributed by atoms with Gasteiger partial charge in [-0.15, -0.1) is 0 Å². The molecule has 0 bridgehead atoms. The summed E-state index contributed by atoms with van der Waals surface area (Å²) in [6.45, 7) is 0. The Morgan fingerprint density at radius 1 is 1.06 bits per heavy atom. The number of nitrogen functional groups attached to an aromatic ring is 1. The molecular weight excluding hydrogens is 314 g/mol. The smallest absolute Gasteiger partial charge is 0.182 e. The second-order valence-corrected chi connectivity index (χ2v) is 6.86. The number of hydrogen-bond donors (Lipinski definition) is 1. The molecule has 18 heavy (non-hydrogen) atoms. The van der Waals surface area contributed by atoms with Crippen molar-refractivity contribution in [3.63, 3.8) is 0 Å². The molecule has 0 saturated carbocycles. The standard InChI is InChI=1S/C13H12BrNO2S/c14-11-3-1-2-10(8-11)9-18(16,17)13-6-4-12(15)5-7-13/h1-8H,9,15H2. The maximum absolute atomic E-state index is 12.2. The highest BCUT2D eigenvalue weighted by molar-refractivity contribution is 9.10. The van der Waals surface area contributed by atoms with Crippen LogP contribution in [0.2, 0.25) is 0 Å². The summed E-state index contributed by atoms with van der Waals surface area (Å²) in [6, 6.07) is 13.5. The van der Waals surface area contributed by atoms with Crippen LogP contribution in [0.25, 0.3) is 0 Å². The van der Waals surface area contributed by atoms with Crippen molar-refractivity contribution < 1.29 is 8.42 Å². The summed E-state index contributed by atoms with van der Waals surface area (Å²) < 4.78 is 25.2. The zero-order chi connectivity index (χ0) is 13.2. The van der Waals surface area contributed by atoms with Gasteiger partial charge >= 0.3 is 0 Å². The highest BCUT2D eigenvalue weighted by Crippen LogP contribution is 2.19. The quantitative estimate of drug-likeness (QED) is 0.882. The third kappa shape index (κ3) is 3.11. The molecule has 0 unspecified atom stereocenters. The predicted molar refractivity (Wildman–Crippen MR) is 75.9 cm³/mol. The van der Waals surface area contributed by atoms with Crippen LogP contribution in [0, 0.1) is 0 Å². The van der Waals surface area contributed by atoms with E-state index in [-0.39, 0.29) is 10.6 Å². The van der Waals surface area contributed by atoms with Crippen LogP contribution in [0.15, 0.2) is 57.9 Å². The molecule has 0 aromatic heterocycles. The number of benzene rings is 2. The zero-order valence-electron chi connectivity index (χ0n) is 9.51. The van der Waals surface area contributed by atoms with Crippen molar-refractivity contribution in [1.29, 1.82) is 0 Å². The lowest BCUT2D eigenvalue weighted by Crippen LogP contribution is -2.05. The van der Waals surface area contributed by atoms with Crippen molar-refractivity contribution in [2.75, 3.05) is 5.73 Å². The summed E-state index contributed by atoms with van der Waals surface area (Å²) in [6.07, 6.45) is 0. The van der Waals surface area contributed by atoms with Crippen LogP contribution in [0.5, 0.6) is 0 Å². The van der Waals surface area contributed by atoms with Crippen LogP contribution >= 0.6 is 15.9 Å². The van der Waals surface area contributed by atoms with Crippen molar-refractivity contribution >= 4 is 31.5 Å². The van der Waals surface area contributed by atoms with Gasteiger partial charge in [-0.1, -0.05) is 28.1 Å². The van der Waals surface area contributed by atoms with Gasteiger partial charge in [0.25, 0.3) is 0 Å². The molecule has 0 radical (unpaired) electrons. The Kier molecular flexibility index (Phi) is 3.73. The van der Waals surface area contributed by atoms with Crippen molar-refractivity contribution in [3.05, 3.63) is 58.6 Å². The van der Waals surface area contributed by atoms with E-state index in [9.17, 15) is 8.42 Å². The van der Waals surface area contributed by atoms with Crippen LogP contribution < -0.4 is 5.73 Å². The van der Waals surface area contributed by atoms with E-state index in [1.165, 1.54) is 12.1 Å². The molecule has 2 N–H and O–H groups in total. The van der Waals surface area contributed by atoms with Crippen molar-refractivity contribution in [3.8, 4) is 0 Å². The minimum atomic E-state index is -3.32. The molecule has 0 aliphatic heterocycles. The Hall–Kier alpha value is -1.33. The number of nitrogens with two attached hydrogens (primary N) is 1. The van der Waals surface area contributed by atoms with E-state index in [2.05, 4.69) is 15.9 Å². The van der Waals surface area contributed by atoms with E-state index in [0.29, 0.717) is 5.69 Å². The summed E-state index contributed by atoms with van der Waals surface area (Å²) in [5, 5.41) is 0. The van der Waals surface area contributed by atoms with E-state index in [0.717, 1.165) is 10.0 Å². The Balaban J connectivity index is 2.30. The average molecular weight is 326 g/mol. The van der Waals surface area contributed by atoms with Gasteiger partial charge in [0.2, 0.25) is 0 Å². The minimum absolute atomic E-state index is 0.0175. The first kappa shape index (κ1) is 13.1. The van der Waals surface area contributed by atoms with E-state index in [4.69, 9.17) is 5.73 Å². The van der Waals surface area contributed by atoms with E-state index in [1.54, 1.807) is 24.3 Å². The van der Waals surface area contributed by atoms with Crippen molar-refractivity contribution in [2.45, 2.75) is 10.6 Å². The number of rotatable bonds is 3. The van der Waals surface area contributed by atoms with Crippen LogP contribution in [0.3, 0.4) is 0 Å². The van der Waals surface area contributed by atoms with Crippen LogP contribution in [-0.2, 0) is 15.6 Å². The van der Waals surface area contributed by atoms with Crippen LogP contribution in [-0.4, -0.2) is 8.42 Å². The molecule has 2 aromatic carbocycles. The average Bonchev–Trinajstić information content (AvgIpc) is 2.29. The summed E-state index contributed by atoms with van der Waals surface area (Å²) in [5.41, 5.74) is 6.84. The highest BCUT2D eigenvalue weighted by atomic mass is 79.9. The molecule has 3 nitrogen and oxygen atoms in total. The molecule has 0 spiro atoms. The fourth-order valence-electron chi connectivity index (χ4n) is 1.60. The molecule has 0 amide bonds. The second kappa shape index (κ2) is 5.12. The molecule has 5 heteroatoms. The van der Waals surface area contributed by atoms with E-state index < -0.39 is 9.84 Å². The Morgan fingerprint density at radius 2 is 1.72 bits per heavy atom. The number of halogens is 1. The Morgan fingerprint density at radius 3 is 2.33 bits per heavy atom. The first-order chi connectivity index (χ1) is 8.47. The lowest BCUT2D eigenvalue weighted by molar-refractivity contribution is 0.595. The number of anilines is 1. The molecule has 0 heterocycles. The molecule has 94 valence electrons. The third-order valence-corrected chi connectivity index (χ3v) is 4.68. The monoisotopic (exact) mass is 325 g/mol. The van der Waals surface area contributed by atoms with Gasteiger partial charge < -0.3 is 5.73 Å². The second-order valence-electron chi connectivity index (χ2n) is 3.96. The molecule has 0 aliphatic rings. The van der Waals surface area contributed by atoms with Gasteiger partial charge in [-0.25, -0.2) is 8.42 Å². The fourth-order valence-corrected chi connectivity index (χ4v) is 3.39. The maximum Gasteiger partial charge on any atom is 0.182 e. The lowest BCUT2D eigenvalue weighted by atomic mass is 10.2. The van der Waals surface area contributed by atoms with E-state index >= 15 is 0 Å². The summed E-state index contributed by atoms with van der Waals surface area (Å²) in [5.74, 6) is -0.0175. The first-order valence-electron chi connectivity index (χ1n) is 5.30. The maximum atomic E-state index is 12.2. The Bertz CT molecular complexity index is 651. The third-order valence-electron chi connectivity index (χ3n) is 2.48. The SMILES string of the molecule is Nc1ccc(S(=O)(=O)Cc2cccc(Br)c2)cc1. The molecular formula is C13H12BrNO2S. The van der Waals surface area contributed by atoms with Crippen molar-refractivity contribution in [1.82, 2.24) is 0 Å². The molecule has 0 atom stereocenters. The summed E-state index contributed by atoms with van der Waals surface area (Å²) in [4.78, 5) is 0.289. The predicted octanol–water partition coefficient (Wildman–Crippen LogP) is 3.01. The lowest BCUT2D eigenvalue weighted by Gasteiger charge is -2.05. The van der Waals surface area contributed by atoms with Gasteiger partial charge in [-0.3, -0.25) is 0 Å². The van der Waals surface area contributed by atoms with Gasteiger partial charge in [-0.2, -0.15) is 0 Å². The van der Waals surface area contributed by atoms with Crippen LogP contribution in [0.1, 0.15) is 5.56 Å². The summed E-state index contributed by atoms with van der Waals surface area (Å²) >= 11 is 3.32. The molecule has 0 fully saturated rings. The van der Waals surface area contributed by atoms with Gasteiger partial charge in [0.15, 0.2) is 9.84 Å². The summed E-state index contributed by atoms with van der Waals surface area (Å²) in [7, 11) is -3.32. The molecule has 2 rings (SSSR count). The molecule has 0 aliphatic carbocycles. The van der Waals surface area contributed by atoms with Gasteiger partial charge in [0, 0.05) is 10.2 Å². The fraction of sp³-hybridized carbons (Fsp3) is 0.0769. The first-order valence-corrected chi connectivity index (χ1v) is 7.75. The van der Waals surface area contributed by atoms with Gasteiger partial charge in [-0.05, 0) is 42.0 Å². The molecule has 2 aromatic rings. The normalized spacial score (nSPS) is 11.4.